The molecule has 1 N–H and O–H groups in total. The molecule has 2 aromatic rings. The summed E-state index contributed by atoms with van der Waals surface area (Å²) in [4.78, 5) is 24.7. The molecule has 0 saturated carbocycles. The van der Waals surface area contributed by atoms with Crippen molar-refractivity contribution in [3.8, 4) is 11.5 Å². The van der Waals surface area contributed by atoms with Gasteiger partial charge in [-0.2, -0.15) is 13.2 Å². The van der Waals surface area contributed by atoms with E-state index >= 15 is 0 Å². The highest BCUT2D eigenvalue weighted by atomic mass is 19.4. The molecule has 0 spiro atoms. The van der Waals surface area contributed by atoms with E-state index in [2.05, 4.69) is 5.32 Å². The normalized spacial score (nSPS) is 12.1. The number of ether oxygens (including phenoxy) is 3. The molecule has 1 amide bonds. The summed E-state index contributed by atoms with van der Waals surface area (Å²) in [5.74, 6) is -1.28. The summed E-state index contributed by atoms with van der Waals surface area (Å²) in [6.45, 7) is 1.29. The second-order valence-electron chi connectivity index (χ2n) is 5.65. The highest BCUT2D eigenvalue weighted by Crippen LogP contribution is 2.31. The molecule has 0 saturated heterocycles. The number of alkyl halides is 3. The first-order valence-electron chi connectivity index (χ1n) is 8.07. The van der Waals surface area contributed by atoms with Crippen LogP contribution in [0, 0.1) is 0 Å². The van der Waals surface area contributed by atoms with Crippen LogP contribution in [0.25, 0.3) is 0 Å². The van der Waals surface area contributed by atoms with E-state index in [9.17, 15) is 22.8 Å². The van der Waals surface area contributed by atoms with Crippen LogP contribution in [0.2, 0.25) is 0 Å². The maximum atomic E-state index is 12.8. The number of anilines is 1. The van der Waals surface area contributed by atoms with Crippen LogP contribution in [-0.2, 0) is 15.7 Å². The summed E-state index contributed by atoms with van der Waals surface area (Å²) in [7, 11) is 2.71. The van der Waals surface area contributed by atoms with Crippen molar-refractivity contribution in [3.05, 3.63) is 53.6 Å². The van der Waals surface area contributed by atoms with Crippen LogP contribution in [0.4, 0.5) is 18.9 Å². The fraction of sp³-hybridized carbons (Fsp3) is 0.263. The van der Waals surface area contributed by atoms with Gasteiger partial charge in [0.25, 0.3) is 5.91 Å². The molecule has 28 heavy (non-hydrogen) atoms. The van der Waals surface area contributed by atoms with Crippen LogP contribution in [0.5, 0.6) is 11.5 Å². The zero-order chi connectivity index (χ0) is 20.9. The Bertz CT molecular complexity index is 845. The van der Waals surface area contributed by atoms with Crippen LogP contribution in [-0.4, -0.2) is 32.2 Å². The van der Waals surface area contributed by atoms with Gasteiger partial charge in [0.1, 0.15) is 17.1 Å². The average Bonchev–Trinajstić information content (AvgIpc) is 2.66. The summed E-state index contributed by atoms with van der Waals surface area (Å²) in [6.07, 6.45) is -5.82. The first-order chi connectivity index (χ1) is 13.2. The van der Waals surface area contributed by atoms with Crippen molar-refractivity contribution in [2.24, 2.45) is 0 Å². The van der Waals surface area contributed by atoms with E-state index in [0.717, 1.165) is 18.2 Å². The van der Waals surface area contributed by atoms with Gasteiger partial charge >= 0.3 is 12.1 Å². The molecule has 0 aliphatic carbocycles. The lowest BCUT2D eigenvalue weighted by Gasteiger charge is -2.17. The topological polar surface area (TPSA) is 73.9 Å². The maximum Gasteiger partial charge on any atom is 0.416 e. The van der Waals surface area contributed by atoms with Gasteiger partial charge in [0, 0.05) is 5.69 Å². The molecule has 0 radical (unpaired) electrons. The minimum atomic E-state index is -4.54. The highest BCUT2D eigenvalue weighted by molar-refractivity contribution is 5.99. The molecule has 0 aliphatic heterocycles. The van der Waals surface area contributed by atoms with Gasteiger partial charge in [0.05, 0.1) is 19.8 Å². The smallest absolute Gasteiger partial charge is 0.416 e. The first kappa shape index (κ1) is 21.1. The Labute approximate surface area is 159 Å². The number of carbonyl (C=O) groups is 2. The van der Waals surface area contributed by atoms with Crippen molar-refractivity contribution in [3.63, 3.8) is 0 Å². The SMILES string of the molecule is COc1cccc(OC)c1C(=O)OC(C)C(=O)Nc1cccc(C(F)(F)F)c1. The van der Waals surface area contributed by atoms with Crippen molar-refractivity contribution in [1.82, 2.24) is 0 Å². The molecule has 0 heterocycles. The van der Waals surface area contributed by atoms with Gasteiger partial charge in [0.15, 0.2) is 6.10 Å². The Morgan fingerprint density at radius 3 is 2.11 bits per heavy atom. The Hall–Kier alpha value is -3.23. The van der Waals surface area contributed by atoms with Gasteiger partial charge in [-0.05, 0) is 37.3 Å². The van der Waals surface area contributed by atoms with Crippen LogP contribution < -0.4 is 14.8 Å². The number of halogens is 3. The standard InChI is InChI=1S/C19H18F3NO5/c1-11(17(24)23-13-7-4-6-12(10-13)19(20,21)22)28-18(25)16-14(26-2)8-5-9-15(16)27-3/h4-11H,1-3H3,(H,23,24). The highest BCUT2D eigenvalue weighted by Gasteiger charge is 2.31. The van der Waals surface area contributed by atoms with E-state index in [0.29, 0.717) is 0 Å². The maximum absolute atomic E-state index is 12.8. The molecule has 9 heteroatoms. The number of esters is 1. The summed E-state index contributed by atoms with van der Waals surface area (Å²) < 4.78 is 53.6. The van der Waals surface area contributed by atoms with E-state index < -0.39 is 29.7 Å². The summed E-state index contributed by atoms with van der Waals surface area (Å²) in [5, 5.41) is 2.29. The average molecular weight is 397 g/mol. The molecule has 0 aromatic heterocycles. The third kappa shape index (κ3) is 4.93. The number of nitrogens with one attached hydrogen (secondary N) is 1. The molecule has 0 aliphatic rings. The number of amides is 1. The third-order valence-electron chi connectivity index (χ3n) is 3.74. The molecule has 1 atom stereocenters. The molecule has 0 fully saturated rings. The van der Waals surface area contributed by atoms with Crippen molar-refractivity contribution < 1.29 is 37.0 Å². The Balaban J connectivity index is 2.12. The summed E-state index contributed by atoms with van der Waals surface area (Å²) in [6, 6.07) is 8.78. The second-order valence-corrected chi connectivity index (χ2v) is 5.65. The van der Waals surface area contributed by atoms with Crippen LogP contribution >= 0.6 is 0 Å². The fourth-order valence-electron chi connectivity index (χ4n) is 2.34. The second kappa shape index (κ2) is 8.64. The van der Waals surface area contributed by atoms with Crippen molar-refractivity contribution >= 4 is 17.6 Å². The van der Waals surface area contributed by atoms with E-state index in [-0.39, 0.29) is 22.7 Å². The molecular formula is C19H18F3NO5. The van der Waals surface area contributed by atoms with E-state index in [1.165, 1.54) is 39.3 Å². The predicted octanol–water partition coefficient (Wildman–Crippen LogP) is 3.91. The quantitative estimate of drug-likeness (QED) is 0.749. The van der Waals surface area contributed by atoms with E-state index in [4.69, 9.17) is 14.2 Å². The van der Waals surface area contributed by atoms with Crippen molar-refractivity contribution in [2.45, 2.75) is 19.2 Å². The number of methoxy groups -OCH3 is 2. The molecule has 6 nitrogen and oxygen atoms in total. The number of benzene rings is 2. The number of rotatable bonds is 6. The van der Waals surface area contributed by atoms with Gasteiger partial charge in [-0.25, -0.2) is 4.79 Å². The summed E-state index contributed by atoms with van der Waals surface area (Å²) in [5.41, 5.74) is -0.988. The Morgan fingerprint density at radius 1 is 1.00 bits per heavy atom. The van der Waals surface area contributed by atoms with Gasteiger partial charge in [-0.15, -0.1) is 0 Å². The van der Waals surface area contributed by atoms with E-state index in [1.54, 1.807) is 6.07 Å². The number of carbonyl (C=O) groups excluding carboxylic acids is 2. The van der Waals surface area contributed by atoms with Crippen molar-refractivity contribution in [2.75, 3.05) is 19.5 Å². The molecular weight excluding hydrogens is 379 g/mol. The molecule has 1 unspecified atom stereocenters. The lowest BCUT2D eigenvalue weighted by molar-refractivity contribution is -0.137. The zero-order valence-corrected chi connectivity index (χ0v) is 15.3. The zero-order valence-electron chi connectivity index (χ0n) is 15.3. The van der Waals surface area contributed by atoms with Crippen LogP contribution in [0.1, 0.15) is 22.8 Å². The third-order valence-corrected chi connectivity index (χ3v) is 3.74. The molecule has 2 rings (SSSR count). The Kier molecular flexibility index (Phi) is 6.50. The van der Waals surface area contributed by atoms with Gasteiger partial charge in [-0.3, -0.25) is 4.79 Å². The van der Waals surface area contributed by atoms with Gasteiger partial charge in [-0.1, -0.05) is 12.1 Å². The monoisotopic (exact) mass is 397 g/mol. The van der Waals surface area contributed by atoms with E-state index in [1.807, 2.05) is 0 Å². The fourth-order valence-corrected chi connectivity index (χ4v) is 2.34. The lowest BCUT2D eigenvalue weighted by Crippen LogP contribution is -2.30. The van der Waals surface area contributed by atoms with Gasteiger partial charge < -0.3 is 19.5 Å². The minimum Gasteiger partial charge on any atom is -0.496 e. The first-order valence-corrected chi connectivity index (χ1v) is 8.07. The van der Waals surface area contributed by atoms with Crippen LogP contribution in [0.3, 0.4) is 0 Å². The lowest BCUT2D eigenvalue weighted by atomic mass is 10.1. The summed E-state index contributed by atoms with van der Waals surface area (Å²) >= 11 is 0. The minimum absolute atomic E-state index is 0.00813. The predicted molar refractivity (Wildman–Crippen MR) is 94.5 cm³/mol. The largest absolute Gasteiger partial charge is 0.496 e. The molecule has 150 valence electrons. The number of hydrogen-bond donors (Lipinski definition) is 1. The van der Waals surface area contributed by atoms with Gasteiger partial charge in [0.2, 0.25) is 0 Å². The molecule has 0 bridgehead atoms. The van der Waals surface area contributed by atoms with Crippen molar-refractivity contribution in [1.29, 1.82) is 0 Å². The molecule has 2 aromatic carbocycles. The Morgan fingerprint density at radius 2 is 1.57 bits per heavy atom. The number of hydrogen-bond acceptors (Lipinski definition) is 5. The van der Waals surface area contributed by atoms with Crippen LogP contribution in [0.15, 0.2) is 42.5 Å².